The molecule has 0 atom stereocenters. The van der Waals surface area contributed by atoms with E-state index in [1.165, 1.54) is 16.5 Å². The average Bonchev–Trinajstić information content (AvgIpc) is 2.80. The first kappa shape index (κ1) is 12.6. The van der Waals surface area contributed by atoms with Crippen LogP contribution in [-0.4, -0.2) is 24.6 Å². The lowest BCUT2D eigenvalue weighted by Gasteiger charge is -2.09. The van der Waals surface area contributed by atoms with Gasteiger partial charge in [0.1, 0.15) is 0 Å². The van der Waals surface area contributed by atoms with Gasteiger partial charge in [0.2, 0.25) is 5.91 Å². The van der Waals surface area contributed by atoms with Crippen molar-refractivity contribution in [1.82, 2.24) is 15.2 Å². The highest BCUT2D eigenvalue weighted by Gasteiger charge is 2.07. The number of rotatable bonds is 5. The van der Waals surface area contributed by atoms with E-state index in [1.54, 1.807) is 7.05 Å². The first-order chi connectivity index (χ1) is 8.76. The van der Waals surface area contributed by atoms with Gasteiger partial charge in [0.15, 0.2) is 0 Å². The SMILES string of the molecule is CNCc1cccc2ccn(CCC(=O)NC)c12. The van der Waals surface area contributed by atoms with Gasteiger partial charge in [-0.2, -0.15) is 0 Å². The summed E-state index contributed by atoms with van der Waals surface area (Å²) in [5.41, 5.74) is 2.48. The molecule has 2 aromatic rings. The highest BCUT2D eigenvalue weighted by molar-refractivity contribution is 5.83. The Kier molecular flexibility index (Phi) is 3.99. The number of nitrogens with one attached hydrogen (secondary N) is 2. The summed E-state index contributed by atoms with van der Waals surface area (Å²) >= 11 is 0. The van der Waals surface area contributed by atoms with Crippen molar-refractivity contribution in [2.24, 2.45) is 0 Å². The molecule has 0 unspecified atom stereocenters. The Bertz CT molecular complexity index is 545. The summed E-state index contributed by atoms with van der Waals surface area (Å²) in [6.45, 7) is 1.55. The maximum atomic E-state index is 11.3. The van der Waals surface area contributed by atoms with Gasteiger partial charge in [0.25, 0.3) is 0 Å². The van der Waals surface area contributed by atoms with E-state index in [1.807, 2.05) is 13.2 Å². The van der Waals surface area contributed by atoms with Gasteiger partial charge in [0.05, 0.1) is 5.52 Å². The molecule has 0 fully saturated rings. The first-order valence-corrected chi connectivity index (χ1v) is 6.18. The minimum atomic E-state index is 0.0722. The molecule has 0 radical (unpaired) electrons. The number of aryl methyl sites for hydroxylation is 1. The van der Waals surface area contributed by atoms with E-state index >= 15 is 0 Å². The predicted molar refractivity (Wildman–Crippen MR) is 73.4 cm³/mol. The Morgan fingerprint density at radius 1 is 1.28 bits per heavy atom. The van der Waals surface area contributed by atoms with Crippen LogP contribution in [0.1, 0.15) is 12.0 Å². The van der Waals surface area contributed by atoms with Crippen LogP contribution in [0.15, 0.2) is 30.5 Å². The third-order valence-corrected chi connectivity index (χ3v) is 3.10. The minimum absolute atomic E-state index is 0.0722. The van der Waals surface area contributed by atoms with E-state index in [4.69, 9.17) is 0 Å². The average molecular weight is 245 g/mol. The molecule has 0 saturated heterocycles. The van der Waals surface area contributed by atoms with Crippen molar-refractivity contribution in [3.63, 3.8) is 0 Å². The lowest BCUT2D eigenvalue weighted by Crippen LogP contribution is -2.19. The van der Waals surface area contributed by atoms with Crippen LogP contribution in [-0.2, 0) is 17.9 Å². The summed E-state index contributed by atoms with van der Waals surface area (Å²) < 4.78 is 2.15. The number of carbonyl (C=O) groups is 1. The minimum Gasteiger partial charge on any atom is -0.359 e. The molecule has 4 heteroatoms. The number of hydrogen-bond acceptors (Lipinski definition) is 2. The van der Waals surface area contributed by atoms with Crippen LogP contribution in [0.3, 0.4) is 0 Å². The van der Waals surface area contributed by atoms with Crippen LogP contribution in [0.4, 0.5) is 0 Å². The summed E-state index contributed by atoms with van der Waals surface area (Å²) in [5.74, 6) is 0.0722. The van der Waals surface area contributed by atoms with Crippen LogP contribution >= 0.6 is 0 Å². The summed E-state index contributed by atoms with van der Waals surface area (Å²) in [7, 11) is 3.61. The van der Waals surface area contributed by atoms with Crippen molar-refractivity contribution in [1.29, 1.82) is 0 Å². The number of fused-ring (bicyclic) bond motifs is 1. The van der Waals surface area contributed by atoms with Crippen LogP contribution in [0, 0.1) is 0 Å². The van der Waals surface area contributed by atoms with E-state index < -0.39 is 0 Å². The first-order valence-electron chi connectivity index (χ1n) is 6.18. The van der Waals surface area contributed by atoms with Crippen molar-refractivity contribution in [2.45, 2.75) is 19.5 Å². The highest BCUT2D eigenvalue weighted by atomic mass is 16.1. The lowest BCUT2D eigenvalue weighted by atomic mass is 10.1. The zero-order valence-corrected chi connectivity index (χ0v) is 10.9. The fraction of sp³-hybridized carbons (Fsp3) is 0.357. The van der Waals surface area contributed by atoms with E-state index in [0.29, 0.717) is 13.0 Å². The van der Waals surface area contributed by atoms with Gasteiger partial charge in [-0.05, 0) is 24.1 Å². The number of hydrogen-bond donors (Lipinski definition) is 2. The molecule has 0 bridgehead atoms. The molecular formula is C14H19N3O. The molecule has 0 aliphatic carbocycles. The fourth-order valence-corrected chi connectivity index (χ4v) is 2.21. The molecular weight excluding hydrogens is 226 g/mol. The summed E-state index contributed by atoms with van der Waals surface area (Å²) in [6, 6.07) is 8.39. The normalized spacial score (nSPS) is 10.8. The predicted octanol–water partition coefficient (Wildman–Crippen LogP) is 1.50. The van der Waals surface area contributed by atoms with Gasteiger partial charge in [-0.15, -0.1) is 0 Å². The molecule has 0 aliphatic rings. The second kappa shape index (κ2) is 5.69. The second-order valence-electron chi connectivity index (χ2n) is 4.32. The molecule has 0 saturated carbocycles. The Labute approximate surface area is 107 Å². The van der Waals surface area contributed by atoms with E-state index in [9.17, 15) is 4.79 Å². The van der Waals surface area contributed by atoms with Gasteiger partial charge in [-0.3, -0.25) is 4.79 Å². The number of carbonyl (C=O) groups excluding carboxylic acids is 1. The monoisotopic (exact) mass is 245 g/mol. The van der Waals surface area contributed by atoms with Crippen LogP contribution in [0.2, 0.25) is 0 Å². The van der Waals surface area contributed by atoms with E-state index in [2.05, 4.69) is 39.5 Å². The summed E-state index contributed by atoms with van der Waals surface area (Å²) in [6.07, 6.45) is 2.56. The fourth-order valence-electron chi connectivity index (χ4n) is 2.21. The van der Waals surface area contributed by atoms with Crippen LogP contribution in [0.25, 0.3) is 10.9 Å². The molecule has 1 aromatic heterocycles. The van der Waals surface area contributed by atoms with Crippen molar-refractivity contribution in [3.05, 3.63) is 36.0 Å². The second-order valence-corrected chi connectivity index (χ2v) is 4.32. The number of nitrogens with zero attached hydrogens (tertiary/aromatic N) is 1. The molecule has 4 nitrogen and oxygen atoms in total. The van der Waals surface area contributed by atoms with Crippen molar-refractivity contribution in [2.75, 3.05) is 14.1 Å². The topological polar surface area (TPSA) is 46.1 Å². The Balaban J connectivity index is 2.30. The smallest absolute Gasteiger partial charge is 0.221 e. The lowest BCUT2D eigenvalue weighted by molar-refractivity contribution is -0.120. The van der Waals surface area contributed by atoms with Gasteiger partial charge in [-0.25, -0.2) is 0 Å². The summed E-state index contributed by atoms with van der Waals surface area (Å²) in [5, 5.41) is 7.05. The zero-order chi connectivity index (χ0) is 13.0. The number of amides is 1. The molecule has 2 N–H and O–H groups in total. The van der Waals surface area contributed by atoms with E-state index in [0.717, 1.165) is 6.54 Å². The van der Waals surface area contributed by atoms with E-state index in [-0.39, 0.29) is 5.91 Å². The van der Waals surface area contributed by atoms with Crippen LogP contribution in [0.5, 0.6) is 0 Å². The highest BCUT2D eigenvalue weighted by Crippen LogP contribution is 2.20. The molecule has 18 heavy (non-hydrogen) atoms. The Hall–Kier alpha value is -1.81. The molecule has 1 amide bonds. The maximum absolute atomic E-state index is 11.3. The molecule has 96 valence electrons. The molecule has 0 spiro atoms. The van der Waals surface area contributed by atoms with Gasteiger partial charge >= 0.3 is 0 Å². The van der Waals surface area contributed by atoms with Crippen molar-refractivity contribution < 1.29 is 4.79 Å². The Morgan fingerprint density at radius 2 is 2.11 bits per heavy atom. The third kappa shape index (κ3) is 2.54. The van der Waals surface area contributed by atoms with Crippen molar-refractivity contribution >= 4 is 16.8 Å². The number of para-hydroxylation sites is 1. The quantitative estimate of drug-likeness (QED) is 0.838. The van der Waals surface area contributed by atoms with Crippen LogP contribution < -0.4 is 10.6 Å². The van der Waals surface area contributed by atoms with Crippen molar-refractivity contribution in [3.8, 4) is 0 Å². The zero-order valence-electron chi connectivity index (χ0n) is 10.9. The van der Waals surface area contributed by atoms with Gasteiger partial charge in [0, 0.05) is 32.8 Å². The van der Waals surface area contributed by atoms with Gasteiger partial charge in [-0.1, -0.05) is 18.2 Å². The summed E-state index contributed by atoms with van der Waals surface area (Å²) in [4.78, 5) is 11.3. The maximum Gasteiger partial charge on any atom is 0.221 e. The molecule has 2 rings (SSSR count). The number of benzene rings is 1. The largest absolute Gasteiger partial charge is 0.359 e. The molecule has 1 heterocycles. The molecule has 1 aromatic carbocycles. The third-order valence-electron chi connectivity index (χ3n) is 3.10. The Morgan fingerprint density at radius 3 is 2.83 bits per heavy atom. The van der Waals surface area contributed by atoms with Gasteiger partial charge < -0.3 is 15.2 Å². The standard InChI is InChI=1S/C14H19N3O/c1-15-10-12-5-3-4-11-6-8-17(14(11)12)9-7-13(18)16-2/h3-6,8,15H,7,9-10H2,1-2H3,(H,16,18). The number of aromatic nitrogens is 1. The molecule has 0 aliphatic heterocycles.